The second-order valence-corrected chi connectivity index (χ2v) is 4.96. The SMILES string of the molecule is Cc1cc2nc(NC(=S)NN)sc2cc1C. The summed E-state index contributed by atoms with van der Waals surface area (Å²) in [6.07, 6.45) is 0. The predicted octanol–water partition coefficient (Wildman–Crippen LogP) is 2.07. The Morgan fingerprint density at radius 3 is 2.75 bits per heavy atom. The Hall–Kier alpha value is -1.24. The minimum Gasteiger partial charge on any atom is -0.308 e. The van der Waals surface area contributed by atoms with Crippen LogP contribution in [0.25, 0.3) is 10.2 Å². The third kappa shape index (κ3) is 2.13. The van der Waals surface area contributed by atoms with Crippen LogP contribution in [0.4, 0.5) is 5.13 Å². The van der Waals surface area contributed by atoms with Gasteiger partial charge in [0, 0.05) is 0 Å². The lowest BCUT2D eigenvalue weighted by Gasteiger charge is -2.00. The second kappa shape index (κ2) is 4.32. The van der Waals surface area contributed by atoms with E-state index in [1.807, 2.05) is 0 Å². The highest BCUT2D eigenvalue weighted by Crippen LogP contribution is 2.28. The first-order valence-electron chi connectivity index (χ1n) is 4.75. The first-order valence-corrected chi connectivity index (χ1v) is 5.98. The Kier molecular flexibility index (Phi) is 3.04. The largest absolute Gasteiger partial charge is 0.308 e. The summed E-state index contributed by atoms with van der Waals surface area (Å²) < 4.78 is 1.14. The van der Waals surface area contributed by atoms with E-state index in [-0.39, 0.29) is 0 Å². The number of rotatable bonds is 1. The average molecular weight is 252 g/mol. The molecule has 0 saturated heterocycles. The van der Waals surface area contributed by atoms with Gasteiger partial charge in [0.1, 0.15) is 0 Å². The zero-order valence-electron chi connectivity index (χ0n) is 9.00. The molecule has 0 aliphatic carbocycles. The molecule has 2 aromatic rings. The number of anilines is 1. The highest BCUT2D eigenvalue weighted by atomic mass is 32.1. The molecule has 0 aliphatic heterocycles. The van der Waals surface area contributed by atoms with Crippen molar-refractivity contribution in [2.75, 3.05) is 5.32 Å². The van der Waals surface area contributed by atoms with Gasteiger partial charge < -0.3 is 10.7 Å². The van der Waals surface area contributed by atoms with E-state index in [2.05, 4.69) is 41.7 Å². The van der Waals surface area contributed by atoms with Gasteiger partial charge in [0.2, 0.25) is 0 Å². The molecule has 0 aliphatic rings. The van der Waals surface area contributed by atoms with Crippen LogP contribution in [-0.4, -0.2) is 10.1 Å². The van der Waals surface area contributed by atoms with Gasteiger partial charge in [-0.1, -0.05) is 11.3 Å². The predicted molar refractivity (Wildman–Crippen MR) is 72.6 cm³/mol. The van der Waals surface area contributed by atoms with Gasteiger partial charge in [0.05, 0.1) is 10.2 Å². The molecule has 2 rings (SSSR count). The summed E-state index contributed by atoms with van der Waals surface area (Å²) in [7, 11) is 0. The monoisotopic (exact) mass is 252 g/mol. The molecule has 4 nitrogen and oxygen atoms in total. The fourth-order valence-electron chi connectivity index (χ4n) is 1.37. The number of benzene rings is 1. The summed E-state index contributed by atoms with van der Waals surface area (Å²) in [4.78, 5) is 4.43. The van der Waals surface area contributed by atoms with Gasteiger partial charge in [0.25, 0.3) is 0 Å². The molecule has 0 unspecified atom stereocenters. The van der Waals surface area contributed by atoms with Crippen LogP contribution in [0.5, 0.6) is 0 Å². The second-order valence-electron chi connectivity index (χ2n) is 3.52. The molecule has 0 bridgehead atoms. The fourth-order valence-corrected chi connectivity index (χ4v) is 2.48. The molecule has 0 saturated carbocycles. The maximum atomic E-state index is 5.19. The van der Waals surface area contributed by atoms with E-state index in [0.29, 0.717) is 5.11 Å². The Morgan fingerprint density at radius 1 is 1.38 bits per heavy atom. The molecule has 16 heavy (non-hydrogen) atoms. The molecule has 1 heterocycles. The number of hydrazine groups is 1. The summed E-state index contributed by atoms with van der Waals surface area (Å²) in [6.45, 7) is 4.17. The number of thiocarbonyl (C=S) groups is 1. The average Bonchev–Trinajstić information content (AvgIpc) is 2.60. The fraction of sp³-hybridized carbons (Fsp3) is 0.200. The van der Waals surface area contributed by atoms with Crippen LogP contribution in [0.15, 0.2) is 12.1 Å². The molecule has 0 fully saturated rings. The minimum atomic E-state index is 0.368. The van der Waals surface area contributed by atoms with Crippen molar-refractivity contribution in [3.63, 3.8) is 0 Å². The summed E-state index contributed by atoms with van der Waals surface area (Å²) >= 11 is 6.47. The van der Waals surface area contributed by atoms with Crippen molar-refractivity contribution in [1.82, 2.24) is 10.4 Å². The number of aromatic nitrogens is 1. The molecule has 0 amide bonds. The van der Waals surface area contributed by atoms with Crippen molar-refractivity contribution in [1.29, 1.82) is 0 Å². The van der Waals surface area contributed by atoms with Crippen LogP contribution in [0.1, 0.15) is 11.1 Å². The first-order chi connectivity index (χ1) is 7.60. The quantitative estimate of drug-likeness (QED) is 0.412. The molecule has 0 spiro atoms. The molecule has 0 atom stereocenters. The van der Waals surface area contributed by atoms with Gasteiger partial charge in [-0.15, -0.1) is 0 Å². The smallest absolute Gasteiger partial charge is 0.190 e. The maximum Gasteiger partial charge on any atom is 0.190 e. The van der Waals surface area contributed by atoms with Gasteiger partial charge in [0.15, 0.2) is 10.2 Å². The van der Waals surface area contributed by atoms with Gasteiger partial charge in [-0.25, -0.2) is 10.8 Å². The number of nitrogens with one attached hydrogen (secondary N) is 2. The van der Waals surface area contributed by atoms with E-state index < -0.39 is 0 Å². The van der Waals surface area contributed by atoms with Crippen LogP contribution in [0.2, 0.25) is 0 Å². The molecule has 1 aromatic carbocycles. The van der Waals surface area contributed by atoms with Crippen molar-refractivity contribution in [2.45, 2.75) is 13.8 Å². The van der Waals surface area contributed by atoms with Gasteiger partial charge in [-0.05, 0) is 49.3 Å². The van der Waals surface area contributed by atoms with E-state index in [9.17, 15) is 0 Å². The molecular formula is C10H12N4S2. The lowest BCUT2D eigenvalue weighted by Crippen LogP contribution is -2.33. The topological polar surface area (TPSA) is 63.0 Å². The van der Waals surface area contributed by atoms with Gasteiger partial charge in [-0.3, -0.25) is 0 Å². The van der Waals surface area contributed by atoms with Crippen molar-refractivity contribution in [3.8, 4) is 0 Å². The Labute approximate surface area is 103 Å². The lowest BCUT2D eigenvalue weighted by atomic mass is 10.1. The molecule has 0 radical (unpaired) electrons. The Bertz CT molecular complexity index is 508. The third-order valence-corrected chi connectivity index (χ3v) is 3.51. The number of nitrogens with two attached hydrogens (primary N) is 1. The van der Waals surface area contributed by atoms with Crippen molar-refractivity contribution >= 4 is 44.0 Å². The third-order valence-electron chi connectivity index (χ3n) is 2.36. The zero-order chi connectivity index (χ0) is 11.7. The molecule has 4 N–H and O–H groups in total. The van der Waals surface area contributed by atoms with Gasteiger partial charge >= 0.3 is 0 Å². The lowest BCUT2D eigenvalue weighted by molar-refractivity contribution is 1.04. The van der Waals surface area contributed by atoms with Crippen LogP contribution in [0, 0.1) is 13.8 Å². The van der Waals surface area contributed by atoms with E-state index in [1.54, 1.807) is 11.3 Å². The normalized spacial score (nSPS) is 10.4. The summed E-state index contributed by atoms with van der Waals surface area (Å²) in [5, 5.41) is 4.04. The van der Waals surface area contributed by atoms with Crippen LogP contribution in [-0.2, 0) is 0 Å². The molecule has 1 aromatic heterocycles. The van der Waals surface area contributed by atoms with Crippen molar-refractivity contribution in [3.05, 3.63) is 23.3 Å². The Morgan fingerprint density at radius 2 is 2.06 bits per heavy atom. The molecular weight excluding hydrogens is 240 g/mol. The van der Waals surface area contributed by atoms with Crippen LogP contribution in [0.3, 0.4) is 0 Å². The van der Waals surface area contributed by atoms with Crippen LogP contribution >= 0.6 is 23.6 Å². The number of thiazole rings is 1. The standard InChI is InChI=1S/C10H12N4S2/c1-5-3-7-8(4-6(5)2)16-10(12-7)13-9(15)14-11/h3-4H,11H2,1-2H3,(H2,12,13,14,15). The minimum absolute atomic E-state index is 0.368. The molecule has 6 heteroatoms. The van der Waals surface area contributed by atoms with Crippen LogP contribution < -0.4 is 16.6 Å². The number of hydrogen-bond acceptors (Lipinski definition) is 4. The highest BCUT2D eigenvalue weighted by Gasteiger charge is 2.06. The van der Waals surface area contributed by atoms with Crippen molar-refractivity contribution in [2.24, 2.45) is 5.84 Å². The van der Waals surface area contributed by atoms with Gasteiger partial charge in [-0.2, -0.15) is 0 Å². The van der Waals surface area contributed by atoms with E-state index >= 15 is 0 Å². The highest BCUT2D eigenvalue weighted by molar-refractivity contribution is 7.80. The number of nitrogens with zero attached hydrogens (tertiary/aromatic N) is 1. The van der Waals surface area contributed by atoms with E-state index in [1.165, 1.54) is 11.1 Å². The number of fused-ring (bicyclic) bond motifs is 1. The zero-order valence-corrected chi connectivity index (χ0v) is 10.6. The number of aryl methyl sites for hydroxylation is 2. The summed E-state index contributed by atoms with van der Waals surface area (Å²) in [5.74, 6) is 5.19. The first kappa shape index (κ1) is 11.3. The van der Waals surface area contributed by atoms with E-state index in [0.717, 1.165) is 15.3 Å². The Balaban J connectivity index is 2.40. The maximum absolute atomic E-state index is 5.19. The van der Waals surface area contributed by atoms with E-state index in [4.69, 9.17) is 18.1 Å². The summed E-state index contributed by atoms with van der Waals surface area (Å²) in [5.41, 5.74) is 5.86. The number of hydrogen-bond donors (Lipinski definition) is 3. The molecule has 84 valence electrons. The summed E-state index contributed by atoms with van der Waals surface area (Å²) in [6, 6.07) is 4.21. The van der Waals surface area contributed by atoms with Crippen molar-refractivity contribution < 1.29 is 0 Å².